The maximum Gasteiger partial charge on any atom is 0.517 e. The quantitative estimate of drug-likeness (QED) is 0.393. The fourth-order valence-corrected chi connectivity index (χ4v) is 2.56. The van der Waals surface area contributed by atoms with Crippen LogP contribution >= 0.6 is 6.72 Å². The molecule has 0 aliphatic rings. The van der Waals surface area contributed by atoms with Crippen LogP contribution in [0.25, 0.3) is 0 Å². The van der Waals surface area contributed by atoms with Crippen molar-refractivity contribution in [1.82, 2.24) is 0 Å². The van der Waals surface area contributed by atoms with Crippen LogP contribution in [0.2, 0.25) is 0 Å². The molecule has 0 saturated carbocycles. The van der Waals surface area contributed by atoms with E-state index in [1.807, 2.05) is 0 Å². The van der Waals surface area contributed by atoms with Crippen LogP contribution in [0, 0.1) is 0 Å². The SMILES string of the molecule is CCCC[S+]=P(O)(O)OC. The topological polar surface area (TPSA) is 49.7 Å². The van der Waals surface area contributed by atoms with Gasteiger partial charge in [-0.15, -0.1) is 0 Å². The summed E-state index contributed by atoms with van der Waals surface area (Å²) in [6, 6.07) is 0. The lowest BCUT2D eigenvalue weighted by Crippen LogP contribution is -1.87. The number of hydrogen-bond donors (Lipinski definition) is 2. The maximum absolute atomic E-state index is 8.96. The van der Waals surface area contributed by atoms with E-state index in [1.165, 1.54) is 7.11 Å². The summed E-state index contributed by atoms with van der Waals surface area (Å²) in [5.74, 6) is 0.755. The Bertz CT molecular complexity index is 131. The van der Waals surface area contributed by atoms with Crippen molar-refractivity contribution in [1.29, 1.82) is 0 Å². The summed E-state index contributed by atoms with van der Waals surface area (Å²) in [4.78, 5) is 17.9. The van der Waals surface area contributed by atoms with E-state index in [-0.39, 0.29) is 0 Å². The van der Waals surface area contributed by atoms with Crippen LogP contribution in [-0.4, -0.2) is 22.6 Å². The Labute approximate surface area is 65.2 Å². The van der Waals surface area contributed by atoms with Crippen molar-refractivity contribution in [2.75, 3.05) is 12.9 Å². The monoisotopic (exact) mass is 185 g/mol. The molecule has 0 aromatic rings. The first kappa shape index (κ1) is 10.5. The molecule has 0 amide bonds. The van der Waals surface area contributed by atoms with Crippen molar-refractivity contribution >= 4 is 17.7 Å². The lowest BCUT2D eigenvalue weighted by molar-refractivity contribution is 0.306. The molecular weight excluding hydrogens is 171 g/mol. The smallest absolute Gasteiger partial charge is 0.289 e. The van der Waals surface area contributed by atoms with E-state index >= 15 is 0 Å². The minimum absolute atomic E-state index is 0.755. The molecule has 0 aromatic carbocycles. The van der Waals surface area contributed by atoms with Crippen LogP contribution in [0.3, 0.4) is 0 Å². The molecule has 0 heterocycles. The normalized spacial score (nSPS) is 11.6. The second kappa shape index (κ2) is 5.22. The van der Waals surface area contributed by atoms with Crippen LogP contribution in [0.4, 0.5) is 0 Å². The number of unbranched alkanes of at least 4 members (excludes halogenated alkanes) is 1. The standard InChI is InChI=1S/C5H14O3PS/c1-3-4-5-10-9(6,7)8-2/h6-7H,3-5H2,1-2H3/q+1. The molecular formula is C5H14O3PS+. The van der Waals surface area contributed by atoms with Gasteiger partial charge in [0.1, 0.15) is 0 Å². The van der Waals surface area contributed by atoms with Crippen molar-refractivity contribution in [2.45, 2.75) is 19.8 Å². The maximum atomic E-state index is 8.96. The molecule has 0 aliphatic heterocycles. The lowest BCUT2D eigenvalue weighted by atomic mass is 10.4. The van der Waals surface area contributed by atoms with E-state index in [9.17, 15) is 0 Å². The van der Waals surface area contributed by atoms with Gasteiger partial charge in [-0.25, -0.2) is 0 Å². The van der Waals surface area contributed by atoms with E-state index in [4.69, 9.17) is 9.79 Å². The van der Waals surface area contributed by atoms with Gasteiger partial charge in [-0.05, 0) is 0 Å². The van der Waals surface area contributed by atoms with E-state index in [0.29, 0.717) is 0 Å². The predicted octanol–water partition coefficient (Wildman–Crippen LogP) is 1.18. The highest BCUT2D eigenvalue weighted by Gasteiger charge is 2.21. The average Bonchev–Trinajstić information content (AvgIpc) is 1.89. The van der Waals surface area contributed by atoms with Crippen molar-refractivity contribution in [3.63, 3.8) is 0 Å². The van der Waals surface area contributed by atoms with Crippen LogP contribution < -0.4 is 0 Å². The minimum atomic E-state index is -3.04. The zero-order chi connectivity index (χ0) is 8.04. The molecule has 0 saturated heterocycles. The highest BCUT2D eigenvalue weighted by atomic mass is 32.5. The van der Waals surface area contributed by atoms with Gasteiger partial charge in [0, 0.05) is 13.5 Å². The Hall–Kier alpha value is 0.530. The van der Waals surface area contributed by atoms with Gasteiger partial charge < -0.3 is 0 Å². The van der Waals surface area contributed by atoms with E-state index in [0.717, 1.165) is 29.5 Å². The molecule has 2 N–H and O–H groups in total. The Balaban J connectivity index is 3.66. The summed E-state index contributed by atoms with van der Waals surface area (Å²) in [6.07, 6.45) is 2.06. The zero-order valence-corrected chi connectivity index (χ0v) is 7.99. The minimum Gasteiger partial charge on any atom is -0.289 e. The molecule has 5 heteroatoms. The third kappa shape index (κ3) is 5.33. The first-order valence-electron chi connectivity index (χ1n) is 3.17. The van der Waals surface area contributed by atoms with Gasteiger partial charge in [0.25, 0.3) is 0 Å². The van der Waals surface area contributed by atoms with Crippen LogP contribution in [-0.2, 0) is 15.5 Å². The molecule has 0 aliphatic carbocycles. The molecule has 0 rings (SSSR count). The van der Waals surface area contributed by atoms with Gasteiger partial charge in [0.05, 0.1) is 0 Å². The summed E-state index contributed by atoms with van der Waals surface area (Å²) in [5.41, 5.74) is 0. The van der Waals surface area contributed by atoms with Crippen molar-refractivity contribution in [3.8, 4) is 0 Å². The summed E-state index contributed by atoms with van der Waals surface area (Å²) in [5, 5.41) is 0. The fraction of sp³-hybridized carbons (Fsp3) is 1.00. The van der Waals surface area contributed by atoms with E-state index in [1.54, 1.807) is 0 Å². The molecule has 0 fully saturated rings. The van der Waals surface area contributed by atoms with E-state index in [2.05, 4.69) is 11.4 Å². The lowest BCUT2D eigenvalue weighted by Gasteiger charge is -1.93. The van der Waals surface area contributed by atoms with Crippen LogP contribution in [0.5, 0.6) is 0 Å². The summed E-state index contributed by atoms with van der Waals surface area (Å²) < 4.78 is 4.47. The first-order valence-corrected chi connectivity index (χ1v) is 6.37. The molecule has 0 aromatic heterocycles. The van der Waals surface area contributed by atoms with Crippen molar-refractivity contribution in [2.24, 2.45) is 0 Å². The van der Waals surface area contributed by atoms with Gasteiger partial charge in [-0.2, -0.15) is 0 Å². The number of hydrogen-bond acceptors (Lipinski definition) is 1. The summed E-state index contributed by atoms with van der Waals surface area (Å²) >= 11 is 0. The van der Waals surface area contributed by atoms with Gasteiger partial charge in [0.2, 0.25) is 10.9 Å². The van der Waals surface area contributed by atoms with Crippen molar-refractivity contribution < 1.29 is 14.3 Å². The Morgan fingerprint density at radius 2 is 2.10 bits per heavy atom. The molecule has 3 nitrogen and oxygen atoms in total. The molecule has 0 bridgehead atoms. The Morgan fingerprint density at radius 3 is 2.50 bits per heavy atom. The fourth-order valence-electron chi connectivity index (χ4n) is 0.381. The highest BCUT2D eigenvalue weighted by molar-refractivity contribution is 8.16. The van der Waals surface area contributed by atoms with Gasteiger partial charge in [0.15, 0.2) is 5.75 Å². The molecule has 0 unspecified atom stereocenters. The molecule has 0 radical (unpaired) electrons. The molecule has 0 spiro atoms. The predicted molar refractivity (Wildman–Crippen MR) is 45.5 cm³/mol. The van der Waals surface area contributed by atoms with Crippen molar-refractivity contribution in [3.05, 3.63) is 0 Å². The van der Waals surface area contributed by atoms with Crippen LogP contribution in [0.1, 0.15) is 19.8 Å². The summed E-state index contributed by atoms with van der Waals surface area (Å²) in [6.45, 7) is -0.979. The second-order valence-corrected chi connectivity index (χ2v) is 6.07. The van der Waals surface area contributed by atoms with E-state index < -0.39 is 6.72 Å². The second-order valence-electron chi connectivity index (χ2n) is 1.86. The number of rotatable bonds is 4. The van der Waals surface area contributed by atoms with Crippen LogP contribution in [0.15, 0.2) is 0 Å². The van der Waals surface area contributed by atoms with Gasteiger partial charge in [-0.1, -0.05) is 13.3 Å². The highest BCUT2D eigenvalue weighted by Crippen LogP contribution is 2.37. The zero-order valence-electron chi connectivity index (χ0n) is 6.28. The van der Waals surface area contributed by atoms with Gasteiger partial charge in [-0.3, -0.25) is 14.3 Å². The molecule has 0 atom stereocenters. The largest absolute Gasteiger partial charge is 0.517 e. The first-order chi connectivity index (χ1) is 4.62. The third-order valence-corrected chi connectivity index (χ3v) is 4.28. The van der Waals surface area contributed by atoms with Gasteiger partial charge >= 0.3 is 6.72 Å². The Morgan fingerprint density at radius 1 is 1.50 bits per heavy atom. The average molecular weight is 185 g/mol. The molecule has 62 valence electrons. The third-order valence-electron chi connectivity index (χ3n) is 0.995. The summed E-state index contributed by atoms with van der Waals surface area (Å²) in [7, 11) is 2.42. The molecule has 10 heavy (non-hydrogen) atoms. The Kier molecular flexibility index (Phi) is 5.49.